The Morgan fingerprint density at radius 1 is 0.896 bits per heavy atom. The van der Waals surface area contributed by atoms with Gasteiger partial charge in [0.2, 0.25) is 0 Å². The van der Waals surface area contributed by atoms with Crippen LogP contribution in [0.2, 0.25) is 0 Å². The van der Waals surface area contributed by atoms with Crippen LogP contribution in [0.1, 0.15) is 12.5 Å². The van der Waals surface area contributed by atoms with Crippen molar-refractivity contribution in [2.45, 2.75) is 49.1 Å². The summed E-state index contributed by atoms with van der Waals surface area (Å²) in [6.45, 7) is -1.76. The molecule has 7 N–H and O–H groups in total. The number of hydrogen-bond donors (Lipinski definition) is 7. The number of fused-ring (bicyclic) bond motifs is 4. The summed E-state index contributed by atoms with van der Waals surface area (Å²) in [7, 11) is -10.7. The minimum atomic E-state index is -5.37. The van der Waals surface area contributed by atoms with Crippen LogP contribution in [0.4, 0.5) is 0 Å². The van der Waals surface area contributed by atoms with Crippen molar-refractivity contribution in [2.24, 2.45) is 0 Å². The molecule has 0 amide bonds. The number of aromatic nitrogens is 7. The molecule has 0 spiro atoms. The van der Waals surface area contributed by atoms with Crippen molar-refractivity contribution < 1.29 is 66.7 Å². The standard InChI is InChI=1S/C25H27N7O14P2/c33-17-14(44-24(19(17)35)30-5-2-12-1-3-27-23(37)13(12)7-30)8-42-47(38,39)46-48(40,41)43-9-15-18(34)20(36)25(45-15)32-11-28-16-21-26-4-6-31(21)10-29-22(16)32/h1-7,10-11,14-15,17-20,24-25,33-36H,8-9H2,(H2,38,39,40,41)/p+1/t14-,15-,17-,18-,19-,20-,24-,25-/m1/s1. The fourth-order valence-electron chi connectivity index (χ4n) is 5.56. The minimum Gasteiger partial charge on any atom is -0.387 e. The molecule has 2 unspecified atom stereocenters. The molecule has 0 bridgehead atoms. The average Bonchev–Trinajstić information content (AvgIpc) is 3.81. The quantitative estimate of drug-likeness (QED) is 0.0634. The molecule has 5 aromatic heterocycles. The van der Waals surface area contributed by atoms with E-state index in [2.05, 4.69) is 24.2 Å². The van der Waals surface area contributed by atoms with Crippen LogP contribution >= 0.6 is 15.6 Å². The van der Waals surface area contributed by atoms with Gasteiger partial charge in [0, 0.05) is 30.0 Å². The van der Waals surface area contributed by atoms with E-state index in [-0.39, 0.29) is 11.0 Å². The first kappa shape index (κ1) is 33.0. The Hall–Kier alpha value is -3.53. The van der Waals surface area contributed by atoms with Gasteiger partial charge in [-0.25, -0.2) is 24.1 Å². The number of pyridine rings is 2. The van der Waals surface area contributed by atoms with Crippen molar-refractivity contribution in [3.63, 3.8) is 0 Å². The van der Waals surface area contributed by atoms with Gasteiger partial charge in [-0.15, -0.1) is 0 Å². The molecule has 256 valence electrons. The third-order valence-electron chi connectivity index (χ3n) is 7.94. The van der Waals surface area contributed by atoms with E-state index in [0.29, 0.717) is 16.6 Å². The number of phosphoric acid groups is 2. The number of nitrogens with zero attached hydrogens (tertiary/aromatic N) is 6. The summed E-state index contributed by atoms with van der Waals surface area (Å²) < 4.78 is 54.5. The maximum Gasteiger partial charge on any atom is 0.481 e. The molecule has 23 heteroatoms. The first-order valence-electron chi connectivity index (χ1n) is 14.2. The molecule has 2 saturated heterocycles. The highest BCUT2D eigenvalue weighted by atomic mass is 31.3. The maximum atomic E-state index is 12.6. The molecule has 0 aliphatic carbocycles. The van der Waals surface area contributed by atoms with Crippen LogP contribution in [0.3, 0.4) is 0 Å². The molecule has 2 aliphatic heterocycles. The van der Waals surface area contributed by atoms with Gasteiger partial charge in [0.15, 0.2) is 41.5 Å². The highest BCUT2D eigenvalue weighted by molar-refractivity contribution is 7.61. The van der Waals surface area contributed by atoms with Crippen molar-refractivity contribution in [3.05, 3.63) is 66.1 Å². The normalized spacial score (nSPS) is 30.3. The Balaban J connectivity index is 0.953. The summed E-state index contributed by atoms with van der Waals surface area (Å²) in [6, 6.07) is 3.24. The highest BCUT2D eigenvalue weighted by Gasteiger charge is 2.50. The van der Waals surface area contributed by atoms with Gasteiger partial charge < -0.3 is 44.7 Å². The second-order valence-electron chi connectivity index (χ2n) is 11.0. The first-order valence-corrected chi connectivity index (χ1v) is 17.2. The van der Waals surface area contributed by atoms with E-state index in [0.717, 1.165) is 0 Å². The number of hydrogen-bond acceptors (Lipinski definition) is 15. The Kier molecular flexibility index (Phi) is 8.53. The zero-order valence-corrected chi connectivity index (χ0v) is 26.0. The summed E-state index contributed by atoms with van der Waals surface area (Å²) in [6.07, 6.45) is -1.40. The van der Waals surface area contributed by atoms with Crippen molar-refractivity contribution in [3.8, 4) is 0 Å². The van der Waals surface area contributed by atoms with Crippen LogP contribution in [0.5, 0.6) is 0 Å². The van der Waals surface area contributed by atoms with Gasteiger partial charge >= 0.3 is 15.6 Å². The summed E-state index contributed by atoms with van der Waals surface area (Å²) in [5.74, 6) is 0. The Bertz CT molecular complexity index is 2140. The van der Waals surface area contributed by atoms with Gasteiger partial charge in [-0.2, -0.15) is 8.88 Å². The average molecular weight is 712 g/mol. The largest absolute Gasteiger partial charge is 0.481 e. The lowest BCUT2D eigenvalue weighted by atomic mass is 10.1. The van der Waals surface area contributed by atoms with Crippen molar-refractivity contribution in [1.29, 1.82) is 0 Å². The van der Waals surface area contributed by atoms with Crippen molar-refractivity contribution in [1.82, 2.24) is 28.9 Å². The van der Waals surface area contributed by atoms with E-state index in [1.807, 2.05) is 0 Å². The molecule has 0 radical (unpaired) electrons. The topological polar surface area (TPSA) is 286 Å². The fourth-order valence-corrected chi connectivity index (χ4v) is 7.65. The molecule has 10 atom stereocenters. The number of H-pyrrole nitrogens is 1. The lowest BCUT2D eigenvalue weighted by molar-refractivity contribution is -0.764. The Morgan fingerprint density at radius 3 is 2.35 bits per heavy atom. The molecular weight excluding hydrogens is 684 g/mol. The van der Waals surface area contributed by atoms with E-state index in [4.69, 9.17) is 18.5 Å². The van der Waals surface area contributed by atoms with Gasteiger partial charge in [-0.05, 0) is 6.07 Å². The molecule has 7 rings (SSSR count). The van der Waals surface area contributed by atoms with Crippen LogP contribution in [-0.2, 0) is 32.0 Å². The third kappa shape index (κ3) is 6.09. The third-order valence-corrected chi connectivity index (χ3v) is 10.5. The smallest absolute Gasteiger partial charge is 0.387 e. The molecule has 21 nitrogen and oxygen atoms in total. The van der Waals surface area contributed by atoms with E-state index < -0.39 is 83.5 Å². The Labute approximate surface area is 267 Å². The van der Waals surface area contributed by atoms with E-state index in [9.17, 15) is 44.1 Å². The van der Waals surface area contributed by atoms with Gasteiger partial charge in [0.1, 0.15) is 42.2 Å². The zero-order chi connectivity index (χ0) is 34.0. The van der Waals surface area contributed by atoms with Crippen LogP contribution < -0.4 is 10.1 Å². The van der Waals surface area contributed by atoms with Gasteiger partial charge in [-0.1, -0.05) is 0 Å². The molecule has 2 fully saturated rings. The fraction of sp³-hybridized carbons (Fsp3) is 0.400. The molecule has 5 aromatic rings. The van der Waals surface area contributed by atoms with Crippen LogP contribution in [0, 0.1) is 0 Å². The monoisotopic (exact) mass is 712 g/mol. The van der Waals surface area contributed by atoms with E-state index >= 15 is 0 Å². The van der Waals surface area contributed by atoms with Crippen LogP contribution in [0.15, 0.2) is 60.6 Å². The minimum absolute atomic E-state index is 0.265. The van der Waals surface area contributed by atoms with Crippen LogP contribution in [-0.4, -0.2) is 109 Å². The number of aliphatic hydroxyl groups is 4. The van der Waals surface area contributed by atoms with Gasteiger partial charge in [0.05, 0.1) is 19.5 Å². The number of aromatic amines is 1. The number of ether oxygens (including phenoxy) is 2. The predicted octanol–water partition coefficient (Wildman–Crippen LogP) is -1.60. The molecule has 0 saturated carbocycles. The lowest BCUT2D eigenvalue weighted by Crippen LogP contribution is -2.46. The summed E-state index contributed by atoms with van der Waals surface area (Å²) in [4.78, 5) is 47.6. The zero-order valence-electron chi connectivity index (χ0n) is 24.3. The molecule has 7 heterocycles. The number of nitrogens with one attached hydrogen (secondary N) is 1. The van der Waals surface area contributed by atoms with Crippen LogP contribution in [0.25, 0.3) is 27.6 Å². The van der Waals surface area contributed by atoms with Gasteiger partial charge in [0.25, 0.3) is 11.8 Å². The summed E-state index contributed by atoms with van der Waals surface area (Å²) >= 11 is 0. The van der Waals surface area contributed by atoms with Crippen molar-refractivity contribution >= 4 is 43.2 Å². The lowest BCUT2D eigenvalue weighted by Gasteiger charge is -2.20. The van der Waals surface area contributed by atoms with Crippen molar-refractivity contribution in [2.75, 3.05) is 13.2 Å². The molecule has 2 aliphatic rings. The molecular formula is C25H28N7O14P2+. The van der Waals surface area contributed by atoms with E-state index in [1.54, 1.807) is 28.9 Å². The first-order chi connectivity index (χ1) is 22.8. The number of rotatable bonds is 10. The molecule has 48 heavy (non-hydrogen) atoms. The number of phosphoric ester groups is 2. The van der Waals surface area contributed by atoms with E-state index in [1.165, 1.54) is 40.4 Å². The maximum absolute atomic E-state index is 12.6. The highest BCUT2D eigenvalue weighted by Crippen LogP contribution is 2.60. The number of imidazole rings is 2. The van der Waals surface area contributed by atoms with Gasteiger partial charge in [-0.3, -0.25) is 22.8 Å². The summed E-state index contributed by atoms with van der Waals surface area (Å²) in [5.41, 5.74) is 0.716. The number of aliphatic hydroxyl groups excluding tert-OH is 4. The Morgan fingerprint density at radius 2 is 1.60 bits per heavy atom. The second-order valence-corrected chi connectivity index (χ2v) is 14.0. The SMILES string of the molecule is O=c1[nH]ccc2cc[n+]([C@@H]3O[C@H](COP(=O)(O)OP(=O)(O)OC[C@H]4O[C@@H](n5cnc6c5ncn5ccnc65)[C@H](O)[C@@H]4O)[C@@H](O)[C@H]3O)cc12. The summed E-state index contributed by atoms with van der Waals surface area (Å²) in [5, 5.41) is 43.1. The second kappa shape index (κ2) is 12.4. The molecule has 0 aromatic carbocycles. The predicted molar refractivity (Wildman–Crippen MR) is 156 cm³/mol.